The van der Waals surface area contributed by atoms with E-state index in [1.165, 1.54) is 4.57 Å². The fourth-order valence-electron chi connectivity index (χ4n) is 3.78. The first kappa shape index (κ1) is 20.4. The van der Waals surface area contributed by atoms with Gasteiger partial charge in [0.25, 0.3) is 0 Å². The zero-order valence-corrected chi connectivity index (χ0v) is 16.7. The smallest absolute Gasteiger partial charge is 0.337 e. The van der Waals surface area contributed by atoms with Crippen molar-refractivity contribution in [1.82, 2.24) is 14.5 Å². The fourth-order valence-corrected chi connectivity index (χ4v) is 3.78. The monoisotopic (exact) mass is 422 g/mol. The van der Waals surface area contributed by atoms with Gasteiger partial charge < -0.3 is 15.8 Å². The SMILES string of the molecule is NC(=O)[C@H](Cc1ccccc1)NC(=O)n1c(=O)n(CC2CCC(=O)O2)c2ccccc21. The number of nitrogens with two attached hydrogens (primary N) is 1. The Balaban J connectivity index is 1.64. The van der Waals surface area contributed by atoms with Gasteiger partial charge in [0.15, 0.2) is 0 Å². The maximum Gasteiger partial charge on any atom is 0.337 e. The third kappa shape index (κ3) is 4.20. The van der Waals surface area contributed by atoms with Gasteiger partial charge in [-0.05, 0) is 24.1 Å². The van der Waals surface area contributed by atoms with Gasteiger partial charge in [0, 0.05) is 12.8 Å². The molecule has 0 spiro atoms. The highest BCUT2D eigenvalue weighted by Crippen LogP contribution is 2.19. The predicted molar refractivity (Wildman–Crippen MR) is 112 cm³/mol. The third-order valence-corrected chi connectivity index (χ3v) is 5.32. The van der Waals surface area contributed by atoms with E-state index in [4.69, 9.17) is 10.5 Å². The van der Waals surface area contributed by atoms with Crippen molar-refractivity contribution in [3.05, 3.63) is 70.6 Å². The Morgan fingerprint density at radius 2 is 1.74 bits per heavy atom. The van der Waals surface area contributed by atoms with Crippen LogP contribution in [-0.2, 0) is 27.3 Å². The maximum atomic E-state index is 13.1. The minimum atomic E-state index is -0.986. The molecule has 1 unspecified atom stereocenters. The molecule has 4 rings (SSSR count). The molecule has 3 aromatic rings. The second kappa shape index (κ2) is 8.47. The zero-order valence-electron chi connectivity index (χ0n) is 16.7. The number of ether oxygens (including phenoxy) is 1. The fraction of sp³-hybridized carbons (Fsp3) is 0.273. The second-order valence-corrected chi connectivity index (χ2v) is 7.46. The summed E-state index contributed by atoms with van der Waals surface area (Å²) in [6, 6.07) is 14.2. The molecule has 3 N–H and O–H groups in total. The molecule has 1 aromatic heterocycles. The lowest BCUT2D eigenvalue weighted by atomic mass is 10.1. The number of para-hydroxylation sites is 2. The highest BCUT2D eigenvalue weighted by Gasteiger charge is 2.28. The van der Waals surface area contributed by atoms with Crippen LogP contribution < -0.4 is 16.7 Å². The number of nitrogens with zero attached hydrogens (tertiary/aromatic N) is 2. The van der Waals surface area contributed by atoms with E-state index >= 15 is 0 Å². The summed E-state index contributed by atoms with van der Waals surface area (Å²) >= 11 is 0. The first-order chi connectivity index (χ1) is 14.9. The van der Waals surface area contributed by atoms with Crippen molar-refractivity contribution in [2.24, 2.45) is 5.73 Å². The number of benzene rings is 2. The number of cyclic esters (lactones) is 1. The van der Waals surface area contributed by atoms with Crippen LogP contribution in [0.2, 0.25) is 0 Å². The first-order valence-electron chi connectivity index (χ1n) is 9.98. The molecule has 160 valence electrons. The predicted octanol–water partition coefficient (Wildman–Crippen LogP) is 1.16. The Kier molecular flexibility index (Phi) is 5.57. The molecule has 2 amide bonds. The Morgan fingerprint density at radius 1 is 1.06 bits per heavy atom. The van der Waals surface area contributed by atoms with Gasteiger partial charge in [-0.25, -0.2) is 14.2 Å². The molecule has 0 aliphatic carbocycles. The number of carbonyl (C=O) groups is 3. The minimum absolute atomic E-state index is 0.147. The average Bonchev–Trinajstić information content (AvgIpc) is 3.29. The number of hydrogen-bond acceptors (Lipinski definition) is 5. The van der Waals surface area contributed by atoms with E-state index in [2.05, 4.69) is 5.32 Å². The molecule has 9 heteroatoms. The standard InChI is InChI=1S/C22H22N4O5/c23-20(28)16(12-14-6-2-1-3-7-14)24-21(29)26-18-9-5-4-8-17(18)25(22(26)30)13-15-10-11-19(27)31-15/h1-9,15-16H,10-13H2,(H2,23,28)(H,24,29)/t15?,16-/m0/s1. The van der Waals surface area contributed by atoms with E-state index in [1.807, 2.05) is 30.3 Å². The number of imidazole rings is 1. The van der Waals surface area contributed by atoms with E-state index in [0.29, 0.717) is 23.9 Å². The van der Waals surface area contributed by atoms with Crippen LogP contribution in [0.1, 0.15) is 18.4 Å². The van der Waals surface area contributed by atoms with Crippen molar-refractivity contribution < 1.29 is 19.1 Å². The topological polar surface area (TPSA) is 125 Å². The number of amides is 2. The first-order valence-corrected chi connectivity index (χ1v) is 9.98. The zero-order chi connectivity index (χ0) is 22.0. The molecule has 2 atom stereocenters. The van der Waals surface area contributed by atoms with Gasteiger partial charge in [0.2, 0.25) is 5.91 Å². The molecular formula is C22H22N4O5. The van der Waals surface area contributed by atoms with Crippen LogP contribution in [0.3, 0.4) is 0 Å². The van der Waals surface area contributed by atoms with Crippen molar-refractivity contribution in [1.29, 1.82) is 0 Å². The lowest BCUT2D eigenvalue weighted by molar-refractivity contribution is -0.141. The van der Waals surface area contributed by atoms with Crippen molar-refractivity contribution in [2.45, 2.75) is 38.0 Å². The lowest BCUT2D eigenvalue weighted by Gasteiger charge is -2.15. The van der Waals surface area contributed by atoms with Gasteiger partial charge in [-0.1, -0.05) is 42.5 Å². The van der Waals surface area contributed by atoms with Crippen LogP contribution in [0, 0.1) is 0 Å². The number of esters is 1. The highest BCUT2D eigenvalue weighted by atomic mass is 16.5. The molecular weight excluding hydrogens is 400 g/mol. The van der Waals surface area contributed by atoms with E-state index in [1.54, 1.807) is 24.3 Å². The quantitative estimate of drug-likeness (QED) is 0.577. The molecule has 0 bridgehead atoms. The van der Waals surface area contributed by atoms with Gasteiger partial charge in [-0.3, -0.25) is 14.2 Å². The highest BCUT2D eigenvalue weighted by molar-refractivity contribution is 5.92. The molecule has 9 nitrogen and oxygen atoms in total. The molecule has 1 aliphatic heterocycles. The Labute approximate surface area is 177 Å². The minimum Gasteiger partial charge on any atom is -0.460 e. The van der Waals surface area contributed by atoms with Crippen LogP contribution in [-0.4, -0.2) is 39.2 Å². The van der Waals surface area contributed by atoms with Crippen LogP contribution in [0.4, 0.5) is 4.79 Å². The maximum absolute atomic E-state index is 13.1. The van der Waals surface area contributed by atoms with E-state index < -0.39 is 29.8 Å². The van der Waals surface area contributed by atoms with Crippen LogP contribution in [0.25, 0.3) is 11.0 Å². The Hall–Kier alpha value is -3.88. The van der Waals surface area contributed by atoms with E-state index in [0.717, 1.165) is 10.1 Å². The molecule has 31 heavy (non-hydrogen) atoms. The van der Waals surface area contributed by atoms with Crippen LogP contribution in [0.15, 0.2) is 59.4 Å². The summed E-state index contributed by atoms with van der Waals surface area (Å²) in [6.07, 6.45) is 0.590. The summed E-state index contributed by atoms with van der Waals surface area (Å²) in [5.74, 6) is -1.00. The molecule has 1 fully saturated rings. The van der Waals surface area contributed by atoms with Crippen LogP contribution in [0.5, 0.6) is 0 Å². The summed E-state index contributed by atoms with van der Waals surface area (Å²) in [5, 5.41) is 2.58. The van der Waals surface area contributed by atoms with E-state index in [9.17, 15) is 19.2 Å². The normalized spacial score (nSPS) is 16.8. The molecule has 2 heterocycles. The summed E-state index contributed by atoms with van der Waals surface area (Å²) in [4.78, 5) is 49.5. The van der Waals surface area contributed by atoms with Gasteiger partial charge in [-0.15, -0.1) is 0 Å². The molecule has 0 radical (unpaired) electrons. The summed E-state index contributed by atoms with van der Waals surface area (Å²) in [6.45, 7) is 0.147. The van der Waals surface area contributed by atoms with Gasteiger partial charge in [0.05, 0.1) is 17.6 Å². The molecule has 0 saturated carbocycles. The Morgan fingerprint density at radius 3 is 2.39 bits per heavy atom. The number of aromatic nitrogens is 2. The summed E-state index contributed by atoms with van der Waals surface area (Å²) < 4.78 is 7.62. The average molecular weight is 422 g/mol. The number of hydrogen-bond donors (Lipinski definition) is 2. The number of rotatable bonds is 6. The van der Waals surface area contributed by atoms with Crippen molar-refractivity contribution in [3.8, 4) is 0 Å². The molecule has 2 aromatic carbocycles. The number of carbonyl (C=O) groups excluding carboxylic acids is 3. The van der Waals surface area contributed by atoms with Crippen molar-refractivity contribution >= 4 is 28.9 Å². The summed E-state index contributed by atoms with van der Waals surface area (Å²) in [7, 11) is 0. The van der Waals surface area contributed by atoms with Crippen molar-refractivity contribution in [3.63, 3.8) is 0 Å². The lowest BCUT2D eigenvalue weighted by Crippen LogP contribution is -2.49. The molecule has 1 saturated heterocycles. The number of primary amides is 1. The van der Waals surface area contributed by atoms with Gasteiger partial charge in [-0.2, -0.15) is 0 Å². The van der Waals surface area contributed by atoms with Crippen molar-refractivity contribution in [2.75, 3.05) is 0 Å². The molecule has 1 aliphatic rings. The van der Waals surface area contributed by atoms with E-state index in [-0.39, 0.29) is 18.9 Å². The van der Waals surface area contributed by atoms with Crippen LogP contribution >= 0.6 is 0 Å². The third-order valence-electron chi connectivity index (χ3n) is 5.32. The van der Waals surface area contributed by atoms with Gasteiger partial charge in [0.1, 0.15) is 12.1 Å². The largest absolute Gasteiger partial charge is 0.460 e. The second-order valence-electron chi connectivity index (χ2n) is 7.46. The van der Waals surface area contributed by atoms with Gasteiger partial charge >= 0.3 is 17.7 Å². The Bertz CT molecular complexity index is 1200. The number of fused-ring (bicyclic) bond motifs is 1. The number of nitrogens with one attached hydrogen (secondary N) is 1. The summed E-state index contributed by atoms with van der Waals surface area (Å²) in [5.41, 5.74) is 6.66.